The molecule has 1 saturated heterocycles. The van der Waals surface area contributed by atoms with Crippen LogP contribution in [-0.2, 0) is 4.74 Å². The third-order valence-electron chi connectivity index (χ3n) is 3.46. The summed E-state index contributed by atoms with van der Waals surface area (Å²) in [5.74, 6) is -1.03. The van der Waals surface area contributed by atoms with Gasteiger partial charge in [0.05, 0.1) is 17.7 Å². The van der Waals surface area contributed by atoms with Crippen molar-refractivity contribution >= 4 is 28.3 Å². The molecule has 3 N–H and O–H groups in total. The van der Waals surface area contributed by atoms with Crippen LogP contribution >= 0.6 is 11.3 Å². The molecule has 2 heterocycles. The minimum absolute atomic E-state index is 0.162. The summed E-state index contributed by atoms with van der Waals surface area (Å²) in [4.78, 5) is 24.1. The monoisotopic (exact) mass is 298 g/mol. The second-order valence-corrected chi connectivity index (χ2v) is 6.46. The summed E-state index contributed by atoms with van der Waals surface area (Å²) in [7, 11) is 0. The van der Waals surface area contributed by atoms with Crippen LogP contribution in [0.4, 0.5) is 9.80 Å². The van der Waals surface area contributed by atoms with Gasteiger partial charge in [0.25, 0.3) is 0 Å². The molecule has 1 unspecified atom stereocenters. The Labute approximate surface area is 121 Å². The zero-order valence-corrected chi connectivity index (χ0v) is 12.5. The molecule has 1 aromatic heterocycles. The van der Waals surface area contributed by atoms with Crippen molar-refractivity contribution in [1.82, 2.24) is 5.32 Å². The first-order valence-electron chi connectivity index (χ1n) is 6.32. The number of nitrogens with one attached hydrogen (secondary N) is 2. The SMILES string of the molecule is Cc1sc(NC(=O)NC2(C)CCOC2)c(C(=O)O)c1C. The number of anilines is 1. The highest BCUT2D eigenvalue weighted by Gasteiger charge is 2.31. The van der Waals surface area contributed by atoms with Gasteiger partial charge in [-0.1, -0.05) is 0 Å². The number of rotatable bonds is 3. The number of ether oxygens (including phenoxy) is 1. The van der Waals surface area contributed by atoms with E-state index in [2.05, 4.69) is 10.6 Å². The maximum Gasteiger partial charge on any atom is 0.338 e. The van der Waals surface area contributed by atoms with Crippen LogP contribution in [0, 0.1) is 13.8 Å². The lowest BCUT2D eigenvalue weighted by Crippen LogP contribution is -2.48. The predicted molar refractivity (Wildman–Crippen MR) is 76.7 cm³/mol. The molecule has 0 saturated carbocycles. The second-order valence-electron chi connectivity index (χ2n) is 5.23. The van der Waals surface area contributed by atoms with Gasteiger partial charge in [0, 0.05) is 11.5 Å². The van der Waals surface area contributed by atoms with Crippen molar-refractivity contribution in [2.45, 2.75) is 32.7 Å². The largest absolute Gasteiger partial charge is 0.478 e. The first-order valence-corrected chi connectivity index (χ1v) is 7.14. The van der Waals surface area contributed by atoms with E-state index < -0.39 is 17.5 Å². The molecule has 2 rings (SSSR count). The van der Waals surface area contributed by atoms with Crippen LogP contribution in [0.15, 0.2) is 0 Å². The molecule has 0 aromatic carbocycles. The summed E-state index contributed by atoms with van der Waals surface area (Å²) in [6.45, 7) is 6.57. The number of amides is 2. The number of hydrogen-bond donors (Lipinski definition) is 3. The van der Waals surface area contributed by atoms with Crippen molar-refractivity contribution in [2.75, 3.05) is 18.5 Å². The lowest BCUT2D eigenvalue weighted by Gasteiger charge is -2.23. The molecule has 6 nitrogen and oxygen atoms in total. The highest BCUT2D eigenvalue weighted by molar-refractivity contribution is 7.16. The second kappa shape index (κ2) is 5.41. The number of hydrogen-bond acceptors (Lipinski definition) is 4. The number of thiophene rings is 1. The summed E-state index contributed by atoms with van der Waals surface area (Å²) in [5, 5.41) is 15.1. The third kappa shape index (κ3) is 2.94. The Balaban J connectivity index is 2.12. The average molecular weight is 298 g/mol. The maximum absolute atomic E-state index is 12.0. The van der Waals surface area contributed by atoms with Crippen LogP contribution in [0.2, 0.25) is 0 Å². The van der Waals surface area contributed by atoms with Gasteiger partial charge in [-0.05, 0) is 32.8 Å². The first kappa shape index (κ1) is 14.8. The van der Waals surface area contributed by atoms with Gasteiger partial charge < -0.3 is 15.2 Å². The summed E-state index contributed by atoms with van der Waals surface area (Å²) in [6, 6.07) is -0.401. The Kier molecular flexibility index (Phi) is 4.01. The molecule has 1 atom stereocenters. The fraction of sp³-hybridized carbons (Fsp3) is 0.538. The number of carboxylic acid groups (broad SMARTS) is 1. The lowest BCUT2D eigenvalue weighted by atomic mass is 10.0. The average Bonchev–Trinajstić information content (AvgIpc) is 2.84. The molecule has 1 aliphatic rings. The van der Waals surface area contributed by atoms with Crippen LogP contribution in [-0.4, -0.2) is 35.9 Å². The van der Waals surface area contributed by atoms with Gasteiger partial charge in [-0.15, -0.1) is 11.3 Å². The molecule has 0 spiro atoms. The van der Waals surface area contributed by atoms with Crippen molar-refractivity contribution in [3.8, 4) is 0 Å². The molecular weight excluding hydrogens is 280 g/mol. The molecule has 2 amide bonds. The standard InChI is InChI=1S/C13H18N2O4S/c1-7-8(2)20-10(9(7)11(16)17)14-12(18)15-13(3)4-5-19-6-13/h4-6H2,1-3H3,(H,16,17)(H2,14,15,18). The fourth-order valence-corrected chi connectivity index (χ4v) is 3.19. The number of aromatic carboxylic acids is 1. The zero-order valence-electron chi connectivity index (χ0n) is 11.7. The quantitative estimate of drug-likeness (QED) is 0.799. The van der Waals surface area contributed by atoms with E-state index in [1.165, 1.54) is 11.3 Å². The number of urea groups is 1. The highest BCUT2D eigenvalue weighted by Crippen LogP contribution is 2.32. The van der Waals surface area contributed by atoms with Crippen LogP contribution in [0.25, 0.3) is 0 Å². The molecule has 0 aliphatic carbocycles. The van der Waals surface area contributed by atoms with Gasteiger partial charge in [-0.3, -0.25) is 5.32 Å². The summed E-state index contributed by atoms with van der Waals surface area (Å²) in [5.41, 5.74) is 0.457. The maximum atomic E-state index is 12.0. The Morgan fingerprint density at radius 3 is 2.65 bits per heavy atom. The topological polar surface area (TPSA) is 87.7 Å². The van der Waals surface area contributed by atoms with E-state index in [9.17, 15) is 14.7 Å². The molecule has 1 fully saturated rings. The van der Waals surface area contributed by atoms with E-state index in [1.807, 2.05) is 13.8 Å². The van der Waals surface area contributed by atoms with Crippen molar-refractivity contribution in [1.29, 1.82) is 0 Å². The Bertz CT molecular complexity index is 547. The zero-order chi connectivity index (χ0) is 14.9. The van der Waals surface area contributed by atoms with Crippen molar-refractivity contribution < 1.29 is 19.4 Å². The normalized spacial score (nSPS) is 21.8. The predicted octanol–water partition coefficient (Wildman–Crippen LogP) is 2.36. The van der Waals surface area contributed by atoms with Crippen molar-refractivity contribution in [3.05, 3.63) is 16.0 Å². The number of carbonyl (C=O) groups excluding carboxylic acids is 1. The van der Waals surface area contributed by atoms with Gasteiger partial charge in [0.1, 0.15) is 5.00 Å². The van der Waals surface area contributed by atoms with Gasteiger partial charge in [-0.2, -0.15) is 0 Å². The third-order valence-corrected chi connectivity index (χ3v) is 4.58. The fourth-order valence-electron chi connectivity index (χ4n) is 2.15. The van der Waals surface area contributed by atoms with Crippen molar-refractivity contribution in [3.63, 3.8) is 0 Å². The Morgan fingerprint density at radius 2 is 2.10 bits per heavy atom. The number of carbonyl (C=O) groups is 2. The highest BCUT2D eigenvalue weighted by atomic mass is 32.1. The Morgan fingerprint density at radius 1 is 1.40 bits per heavy atom. The van der Waals surface area contributed by atoms with E-state index in [0.717, 1.165) is 11.3 Å². The Hall–Kier alpha value is -1.60. The minimum Gasteiger partial charge on any atom is -0.478 e. The molecule has 20 heavy (non-hydrogen) atoms. The van der Waals surface area contributed by atoms with E-state index in [4.69, 9.17) is 4.74 Å². The summed E-state index contributed by atoms with van der Waals surface area (Å²) < 4.78 is 5.26. The summed E-state index contributed by atoms with van der Waals surface area (Å²) >= 11 is 1.27. The van der Waals surface area contributed by atoms with Crippen LogP contribution in [0.1, 0.15) is 34.1 Å². The molecule has 1 aromatic rings. The number of aryl methyl sites for hydroxylation is 1. The molecule has 0 radical (unpaired) electrons. The first-order chi connectivity index (χ1) is 9.32. The summed E-state index contributed by atoms with van der Waals surface area (Å²) in [6.07, 6.45) is 0.745. The van der Waals surface area contributed by atoms with E-state index in [0.29, 0.717) is 23.8 Å². The minimum atomic E-state index is -1.03. The molecule has 1 aliphatic heterocycles. The van der Waals surface area contributed by atoms with Gasteiger partial charge in [0.15, 0.2) is 0 Å². The molecular formula is C13H18N2O4S. The van der Waals surface area contributed by atoms with E-state index >= 15 is 0 Å². The van der Waals surface area contributed by atoms with Gasteiger partial charge in [0.2, 0.25) is 0 Å². The van der Waals surface area contributed by atoms with Gasteiger partial charge >= 0.3 is 12.0 Å². The van der Waals surface area contributed by atoms with E-state index in [1.54, 1.807) is 6.92 Å². The van der Waals surface area contributed by atoms with Crippen LogP contribution < -0.4 is 10.6 Å². The molecule has 7 heteroatoms. The number of carboxylic acids is 1. The lowest BCUT2D eigenvalue weighted by molar-refractivity contribution is 0.0697. The van der Waals surface area contributed by atoms with E-state index in [-0.39, 0.29) is 5.56 Å². The van der Waals surface area contributed by atoms with Crippen LogP contribution in [0.3, 0.4) is 0 Å². The van der Waals surface area contributed by atoms with Crippen LogP contribution in [0.5, 0.6) is 0 Å². The van der Waals surface area contributed by atoms with Crippen molar-refractivity contribution in [2.24, 2.45) is 0 Å². The molecule has 0 bridgehead atoms. The molecule has 110 valence electrons. The van der Waals surface area contributed by atoms with Gasteiger partial charge in [-0.25, -0.2) is 9.59 Å². The smallest absolute Gasteiger partial charge is 0.338 e.